The number of nitrogens with one attached hydrogen (secondary N) is 1. The molecular formula is C17H19ClN4O2. The van der Waals surface area contributed by atoms with Crippen LogP contribution in [0.5, 0.6) is 5.75 Å². The Hall–Kier alpha value is -2.34. The van der Waals surface area contributed by atoms with Crippen LogP contribution in [0.4, 0.5) is 11.6 Å². The molecule has 0 unspecified atom stereocenters. The molecule has 3 rings (SSSR count). The van der Waals surface area contributed by atoms with Gasteiger partial charge in [0.25, 0.3) is 0 Å². The summed E-state index contributed by atoms with van der Waals surface area (Å²) < 4.78 is 5.11. The number of ether oxygens (including phenoxy) is 1. The van der Waals surface area contributed by atoms with Crippen molar-refractivity contribution in [2.45, 2.75) is 12.8 Å². The fourth-order valence-electron chi connectivity index (χ4n) is 2.76. The molecule has 1 amide bonds. The standard InChI is InChI=1S/C17H19ClN4O2/c1-24-13-3-4-15(14(18)11-13)21-16(23)12-5-9-22(10-6-12)17-19-7-2-8-20-17/h2-4,7-8,11-12H,5-6,9-10H2,1H3,(H,21,23). The van der Waals surface area contributed by atoms with E-state index in [0.717, 1.165) is 31.9 Å². The Morgan fingerprint density at radius 1 is 1.29 bits per heavy atom. The molecule has 1 aromatic carbocycles. The molecule has 126 valence electrons. The lowest BCUT2D eigenvalue weighted by Gasteiger charge is -2.31. The number of carbonyl (C=O) groups excluding carboxylic acids is 1. The topological polar surface area (TPSA) is 67.3 Å². The van der Waals surface area contributed by atoms with Crippen molar-refractivity contribution < 1.29 is 9.53 Å². The highest BCUT2D eigenvalue weighted by molar-refractivity contribution is 6.33. The summed E-state index contributed by atoms with van der Waals surface area (Å²) in [6.07, 6.45) is 4.98. The summed E-state index contributed by atoms with van der Waals surface area (Å²) in [7, 11) is 1.58. The number of anilines is 2. The highest BCUT2D eigenvalue weighted by Crippen LogP contribution is 2.28. The minimum Gasteiger partial charge on any atom is -0.497 e. The molecule has 1 aromatic heterocycles. The molecule has 1 fully saturated rings. The Balaban J connectivity index is 1.57. The predicted molar refractivity (Wildman–Crippen MR) is 93.6 cm³/mol. The van der Waals surface area contributed by atoms with Crippen LogP contribution in [0.15, 0.2) is 36.7 Å². The summed E-state index contributed by atoms with van der Waals surface area (Å²) in [5.41, 5.74) is 0.608. The van der Waals surface area contributed by atoms with Crippen LogP contribution >= 0.6 is 11.6 Å². The zero-order valence-corrected chi connectivity index (χ0v) is 14.2. The van der Waals surface area contributed by atoms with Gasteiger partial charge in [-0.05, 0) is 31.0 Å². The first-order valence-corrected chi connectivity index (χ1v) is 8.21. The van der Waals surface area contributed by atoms with Crippen LogP contribution in [0.3, 0.4) is 0 Å². The highest BCUT2D eigenvalue weighted by atomic mass is 35.5. The average Bonchev–Trinajstić information content (AvgIpc) is 2.64. The van der Waals surface area contributed by atoms with Crippen LogP contribution < -0.4 is 15.0 Å². The van der Waals surface area contributed by atoms with Crippen molar-refractivity contribution in [3.8, 4) is 5.75 Å². The average molecular weight is 347 g/mol. The number of carbonyl (C=O) groups is 1. The van der Waals surface area contributed by atoms with Crippen LogP contribution in [0, 0.1) is 5.92 Å². The van der Waals surface area contributed by atoms with E-state index in [4.69, 9.17) is 16.3 Å². The second kappa shape index (κ2) is 7.49. The van der Waals surface area contributed by atoms with Crippen LogP contribution in [0.25, 0.3) is 0 Å². The number of benzene rings is 1. The molecule has 7 heteroatoms. The first-order chi connectivity index (χ1) is 11.7. The first-order valence-electron chi connectivity index (χ1n) is 7.84. The maximum atomic E-state index is 12.5. The number of halogens is 1. The summed E-state index contributed by atoms with van der Waals surface area (Å²) in [6.45, 7) is 1.52. The second-order valence-corrected chi connectivity index (χ2v) is 6.05. The van der Waals surface area contributed by atoms with Crippen molar-refractivity contribution in [2.24, 2.45) is 5.92 Å². The summed E-state index contributed by atoms with van der Waals surface area (Å²) in [4.78, 5) is 23.1. The number of amides is 1. The number of hydrogen-bond donors (Lipinski definition) is 1. The van der Waals surface area contributed by atoms with Crippen molar-refractivity contribution in [2.75, 3.05) is 30.4 Å². The molecular weight excluding hydrogens is 328 g/mol. The third kappa shape index (κ3) is 3.76. The summed E-state index contributed by atoms with van der Waals surface area (Å²) in [5, 5.41) is 3.38. The Morgan fingerprint density at radius 2 is 2.00 bits per heavy atom. The number of rotatable bonds is 4. The van der Waals surface area contributed by atoms with E-state index in [1.807, 2.05) is 0 Å². The smallest absolute Gasteiger partial charge is 0.227 e. The molecule has 1 saturated heterocycles. The van der Waals surface area contributed by atoms with Crippen molar-refractivity contribution in [3.63, 3.8) is 0 Å². The minimum atomic E-state index is -0.0388. The Labute approximate surface area is 145 Å². The molecule has 2 heterocycles. The van der Waals surface area contributed by atoms with Gasteiger partial charge in [0.1, 0.15) is 5.75 Å². The van der Waals surface area contributed by atoms with Gasteiger partial charge in [-0.25, -0.2) is 9.97 Å². The SMILES string of the molecule is COc1ccc(NC(=O)C2CCN(c3ncccn3)CC2)c(Cl)c1. The van der Waals surface area contributed by atoms with E-state index in [-0.39, 0.29) is 11.8 Å². The lowest BCUT2D eigenvalue weighted by atomic mass is 9.96. The van der Waals surface area contributed by atoms with E-state index in [0.29, 0.717) is 16.5 Å². The molecule has 1 aliphatic rings. The predicted octanol–water partition coefficient (Wildman–Crippen LogP) is 2.99. The van der Waals surface area contributed by atoms with Gasteiger partial charge in [-0.1, -0.05) is 11.6 Å². The third-order valence-corrected chi connectivity index (χ3v) is 4.45. The van der Waals surface area contributed by atoms with Crippen LogP contribution in [-0.4, -0.2) is 36.1 Å². The monoisotopic (exact) mass is 346 g/mol. The van der Waals surface area contributed by atoms with Crippen molar-refractivity contribution in [1.82, 2.24) is 9.97 Å². The third-order valence-electron chi connectivity index (χ3n) is 4.13. The molecule has 0 radical (unpaired) electrons. The lowest BCUT2D eigenvalue weighted by molar-refractivity contribution is -0.120. The van der Waals surface area contributed by atoms with Gasteiger partial charge in [0.15, 0.2) is 0 Å². The normalized spacial score (nSPS) is 15.2. The maximum Gasteiger partial charge on any atom is 0.227 e. The number of nitrogens with zero attached hydrogens (tertiary/aromatic N) is 3. The number of hydrogen-bond acceptors (Lipinski definition) is 5. The molecule has 6 nitrogen and oxygen atoms in total. The van der Waals surface area contributed by atoms with Gasteiger partial charge in [0.05, 0.1) is 17.8 Å². The second-order valence-electron chi connectivity index (χ2n) is 5.65. The lowest BCUT2D eigenvalue weighted by Crippen LogP contribution is -2.39. The van der Waals surface area contributed by atoms with E-state index < -0.39 is 0 Å². The molecule has 1 N–H and O–H groups in total. The summed E-state index contributed by atoms with van der Waals surface area (Å²) in [6, 6.07) is 7.01. The zero-order valence-electron chi connectivity index (χ0n) is 13.4. The van der Waals surface area contributed by atoms with Gasteiger partial charge in [-0.2, -0.15) is 0 Å². The van der Waals surface area contributed by atoms with Gasteiger partial charge in [-0.3, -0.25) is 4.79 Å². The van der Waals surface area contributed by atoms with Crippen molar-refractivity contribution >= 4 is 29.1 Å². The number of aromatic nitrogens is 2. The quantitative estimate of drug-likeness (QED) is 0.921. The van der Waals surface area contributed by atoms with E-state index >= 15 is 0 Å². The van der Waals surface area contributed by atoms with E-state index in [1.165, 1.54) is 0 Å². The molecule has 1 aliphatic heterocycles. The van der Waals surface area contributed by atoms with E-state index in [9.17, 15) is 4.79 Å². The van der Waals surface area contributed by atoms with Gasteiger partial charge in [-0.15, -0.1) is 0 Å². The molecule has 0 spiro atoms. The first kappa shape index (κ1) is 16.5. The fraction of sp³-hybridized carbons (Fsp3) is 0.353. The zero-order chi connectivity index (χ0) is 16.9. The largest absolute Gasteiger partial charge is 0.497 e. The van der Waals surface area contributed by atoms with Crippen molar-refractivity contribution in [3.05, 3.63) is 41.7 Å². The minimum absolute atomic E-state index is 0.00398. The van der Waals surface area contributed by atoms with E-state index in [1.54, 1.807) is 43.8 Å². The molecule has 2 aromatic rings. The summed E-state index contributed by atoms with van der Waals surface area (Å²) in [5.74, 6) is 1.34. The molecule has 0 aliphatic carbocycles. The van der Waals surface area contributed by atoms with E-state index in [2.05, 4.69) is 20.2 Å². The van der Waals surface area contributed by atoms with Crippen LogP contribution in [-0.2, 0) is 4.79 Å². The Bertz CT molecular complexity index is 703. The number of piperidine rings is 1. The van der Waals surface area contributed by atoms with Crippen LogP contribution in [0.1, 0.15) is 12.8 Å². The highest BCUT2D eigenvalue weighted by Gasteiger charge is 2.26. The van der Waals surface area contributed by atoms with Gasteiger partial charge >= 0.3 is 0 Å². The number of methoxy groups -OCH3 is 1. The fourth-order valence-corrected chi connectivity index (χ4v) is 2.97. The van der Waals surface area contributed by atoms with Gasteiger partial charge in [0, 0.05) is 37.5 Å². The van der Waals surface area contributed by atoms with Crippen molar-refractivity contribution in [1.29, 1.82) is 0 Å². The van der Waals surface area contributed by atoms with Gasteiger partial charge in [0.2, 0.25) is 11.9 Å². The summed E-state index contributed by atoms with van der Waals surface area (Å²) >= 11 is 6.17. The van der Waals surface area contributed by atoms with Crippen LogP contribution in [0.2, 0.25) is 5.02 Å². The Morgan fingerprint density at radius 3 is 2.62 bits per heavy atom. The molecule has 0 atom stereocenters. The molecule has 0 bridgehead atoms. The molecule has 24 heavy (non-hydrogen) atoms. The van der Waals surface area contributed by atoms with Gasteiger partial charge < -0.3 is 15.0 Å². The Kier molecular flexibility index (Phi) is 5.15. The molecule has 0 saturated carbocycles. The maximum absolute atomic E-state index is 12.5.